The van der Waals surface area contributed by atoms with Crippen LogP contribution in [0.1, 0.15) is 0 Å². The molecule has 0 aliphatic carbocycles. The molecule has 148 valence electrons. The van der Waals surface area contributed by atoms with Crippen molar-refractivity contribution in [2.45, 2.75) is 0 Å². The van der Waals surface area contributed by atoms with Crippen molar-refractivity contribution in [3.05, 3.63) is 88.9 Å². The number of rotatable bonds is 2. The highest BCUT2D eigenvalue weighted by Gasteiger charge is 2.25. The maximum Gasteiger partial charge on any atom is 0.233 e. The van der Waals surface area contributed by atoms with E-state index in [1.807, 2.05) is 54.6 Å². The van der Waals surface area contributed by atoms with Gasteiger partial charge in [-0.1, -0.05) is 71.7 Å². The second-order valence-electron chi connectivity index (χ2n) is 7.19. The maximum absolute atomic E-state index is 6.44. The molecule has 5 aromatic rings. The summed E-state index contributed by atoms with van der Waals surface area (Å²) in [6.07, 6.45) is 0. The Morgan fingerprint density at radius 3 is 2.32 bits per heavy atom. The van der Waals surface area contributed by atoms with E-state index in [-0.39, 0.29) is 0 Å². The predicted molar refractivity (Wildman–Crippen MR) is 124 cm³/mol. The smallest absolute Gasteiger partial charge is 0.233 e. The first-order chi connectivity index (χ1) is 15.2. The third-order valence-electron chi connectivity index (χ3n) is 5.26. The van der Waals surface area contributed by atoms with Crippen LogP contribution in [0.4, 0.5) is 0 Å². The highest BCUT2D eigenvalue weighted by atomic mass is 35.5. The quantitative estimate of drug-likeness (QED) is 0.280. The summed E-state index contributed by atoms with van der Waals surface area (Å²) in [6.45, 7) is 0. The number of ether oxygens (including phenoxy) is 1. The average Bonchev–Trinajstić information content (AvgIpc) is 2.79. The van der Waals surface area contributed by atoms with Crippen molar-refractivity contribution in [3.63, 3.8) is 0 Å². The molecule has 6 rings (SSSR count). The number of hydrogen-bond acceptors (Lipinski definition) is 4. The molecule has 3 heterocycles. The summed E-state index contributed by atoms with van der Waals surface area (Å²) < 4.78 is 6.16. The Labute approximate surface area is 188 Å². The molecule has 2 aromatic heterocycles. The maximum atomic E-state index is 6.44. The SMILES string of the molecule is Clc1ccc(-c2nc3c4c(cc(-c5ccccc5)nc4n2)-c2ccccc2O3)c(Cl)c1. The van der Waals surface area contributed by atoms with Gasteiger partial charge in [0.1, 0.15) is 5.75 Å². The fraction of sp³-hybridized carbons (Fsp3) is 0. The molecule has 0 bridgehead atoms. The van der Waals surface area contributed by atoms with Crippen LogP contribution in [-0.4, -0.2) is 15.0 Å². The standard InChI is InChI=1S/C25H13Cl2N3O/c26-15-10-11-17(19(27)12-15)23-29-24-22-18(13-20(28-24)14-6-2-1-3-7-14)16-8-4-5-9-21(16)31-25(22)30-23/h1-13H. The number of hydrogen-bond donors (Lipinski definition) is 0. The van der Waals surface area contributed by atoms with E-state index in [1.165, 1.54) is 0 Å². The van der Waals surface area contributed by atoms with Crippen LogP contribution < -0.4 is 4.74 Å². The highest BCUT2D eigenvalue weighted by molar-refractivity contribution is 6.36. The zero-order chi connectivity index (χ0) is 20.9. The minimum atomic E-state index is 0.437. The summed E-state index contributed by atoms with van der Waals surface area (Å²) >= 11 is 12.5. The number of pyridine rings is 1. The Balaban J connectivity index is 1.68. The fourth-order valence-corrected chi connectivity index (χ4v) is 4.31. The van der Waals surface area contributed by atoms with Crippen molar-refractivity contribution in [3.8, 4) is 45.4 Å². The van der Waals surface area contributed by atoms with Crippen LogP contribution in [-0.2, 0) is 0 Å². The molecule has 0 atom stereocenters. The molecule has 1 aliphatic heterocycles. The van der Waals surface area contributed by atoms with Crippen LogP contribution in [0.5, 0.6) is 11.6 Å². The highest BCUT2D eigenvalue weighted by Crippen LogP contribution is 2.46. The van der Waals surface area contributed by atoms with Crippen LogP contribution >= 0.6 is 23.2 Å². The summed E-state index contributed by atoms with van der Waals surface area (Å²) in [7, 11) is 0. The van der Waals surface area contributed by atoms with Crippen molar-refractivity contribution in [2.75, 3.05) is 0 Å². The fourth-order valence-electron chi connectivity index (χ4n) is 3.82. The number of nitrogens with zero attached hydrogens (tertiary/aromatic N) is 3. The molecular formula is C25H13Cl2N3O. The van der Waals surface area contributed by atoms with Crippen LogP contribution in [0.25, 0.3) is 44.8 Å². The third kappa shape index (κ3) is 3.03. The van der Waals surface area contributed by atoms with Gasteiger partial charge in [-0.2, -0.15) is 4.98 Å². The normalized spacial score (nSPS) is 11.8. The zero-order valence-corrected chi connectivity index (χ0v) is 17.5. The van der Waals surface area contributed by atoms with E-state index in [0.717, 1.165) is 33.5 Å². The van der Waals surface area contributed by atoms with Crippen molar-refractivity contribution in [1.82, 2.24) is 15.0 Å². The van der Waals surface area contributed by atoms with E-state index in [1.54, 1.807) is 18.2 Å². The first-order valence-electron chi connectivity index (χ1n) is 9.68. The van der Waals surface area contributed by atoms with E-state index in [2.05, 4.69) is 6.07 Å². The van der Waals surface area contributed by atoms with E-state index in [4.69, 9.17) is 42.9 Å². The van der Waals surface area contributed by atoms with Crippen molar-refractivity contribution < 1.29 is 4.74 Å². The van der Waals surface area contributed by atoms with Crippen LogP contribution in [0.3, 0.4) is 0 Å². The molecule has 3 aromatic carbocycles. The number of benzene rings is 3. The molecule has 4 nitrogen and oxygen atoms in total. The molecule has 0 radical (unpaired) electrons. The molecule has 0 unspecified atom stereocenters. The molecule has 0 fully saturated rings. The lowest BCUT2D eigenvalue weighted by atomic mass is 9.97. The van der Waals surface area contributed by atoms with Gasteiger partial charge in [-0.05, 0) is 30.3 Å². The molecular weight excluding hydrogens is 429 g/mol. The monoisotopic (exact) mass is 441 g/mol. The van der Waals surface area contributed by atoms with Gasteiger partial charge in [0.25, 0.3) is 0 Å². The summed E-state index contributed by atoms with van der Waals surface area (Å²) in [6, 6.07) is 25.2. The minimum Gasteiger partial charge on any atom is -0.437 e. The van der Waals surface area contributed by atoms with Gasteiger partial charge in [0.2, 0.25) is 5.88 Å². The van der Waals surface area contributed by atoms with E-state index >= 15 is 0 Å². The van der Waals surface area contributed by atoms with Crippen LogP contribution in [0.2, 0.25) is 10.0 Å². The van der Waals surface area contributed by atoms with Gasteiger partial charge in [0, 0.05) is 27.3 Å². The second-order valence-corrected chi connectivity index (χ2v) is 8.04. The average molecular weight is 442 g/mol. The summed E-state index contributed by atoms with van der Waals surface area (Å²) in [5, 5.41) is 1.80. The van der Waals surface area contributed by atoms with E-state index in [0.29, 0.717) is 33.0 Å². The minimum absolute atomic E-state index is 0.437. The lowest BCUT2D eigenvalue weighted by Crippen LogP contribution is -2.04. The van der Waals surface area contributed by atoms with Gasteiger partial charge in [0.15, 0.2) is 11.5 Å². The van der Waals surface area contributed by atoms with Gasteiger partial charge < -0.3 is 4.74 Å². The van der Waals surface area contributed by atoms with E-state index in [9.17, 15) is 0 Å². The summed E-state index contributed by atoms with van der Waals surface area (Å²) in [4.78, 5) is 14.3. The summed E-state index contributed by atoms with van der Waals surface area (Å²) in [5.74, 6) is 1.65. The molecule has 0 N–H and O–H groups in total. The van der Waals surface area contributed by atoms with E-state index < -0.39 is 0 Å². The zero-order valence-electron chi connectivity index (χ0n) is 16.0. The van der Waals surface area contributed by atoms with Crippen molar-refractivity contribution in [1.29, 1.82) is 0 Å². The second kappa shape index (κ2) is 7.05. The van der Waals surface area contributed by atoms with Gasteiger partial charge in [-0.3, -0.25) is 0 Å². The lowest BCUT2D eigenvalue weighted by molar-refractivity contribution is 0.467. The summed E-state index contributed by atoms with van der Waals surface area (Å²) in [5.41, 5.74) is 5.04. The van der Waals surface area contributed by atoms with Gasteiger partial charge in [-0.25, -0.2) is 9.97 Å². The third-order valence-corrected chi connectivity index (χ3v) is 5.81. The Hall–Kier alpha value is -3.47. The van der Waals surface area contributed by atoms with Crippen molar-refractivity contribution in [2.24, 2.45) is 0 Å². The molecule has 0 spiro atoms. The Morgan fingerprint density at radius 1 is 0.677 bits per heavy atom. The number of para-hydroxylation sites is 1. The van der Waals surface area contributed by atoms with Crippen molar-refractivity contribution >= 4 is 34.2 Å². The number of aromatic nitrogens is 3. The van der Waals surface area contributed by atoms with Crippen LogP contribution in [0.15, 0.2) is 78.9 Å². The van der Waals surface area contributed by atoms with Crippen LogP contribution in [0, 0.1) is 0 Å². The van der Waals surface area contributed by atoms with Gasteiger partial charge in [-0.15, -0.1) is 0 Å². The molecule has 1 aliphatic rings. The lowest BCUT2D eigenvalue weighted by Gasteiger charge is -2.21. The first-order valence-corrected chi connectivity index (χ1v) is 10.4. The van der Waals surface area contributed by atoms with Gasteiger partial charge >= 0.3 is 0 Å². The van der Waals surface area contributed by atoms with Gasteiger partial charge in [0.05, 0.1) is 16.1 Å². The molecule has 0 saturated carbocycles. The number of halogens is 2. The predicted octanol–water partition coefficient (Wildman–Crippen LogP) is 7.44. The molecule has 31 heavy (non-hydrogen) atoms. The largest absolute Gasteiger partial charge is 0.437 e. The molecule has 0 saturated heterocycles. The Morgan fingerprint density at radius 2 is 1.48 bits per heavy atom. The first kappa shape index (κ1) is 18.3. The Bertz CT molecular complexity index is 1490. The number of fused-ring (bicyclic) bond motifs is 2. The topological polar surface area (TPSA) is 47.9 Å². The molecule has 6 heteroatoms. The molecule has 0 amide bonds. The Kier molecular flexibility index (Phi) is 4.16.